The van der Waals surface area contributed by atoms with E-state index in [4.69, 9.17) is 4.74 Å². The van der Waals surface area contributed by atoms with E-state index in [1.807, 2.05) is 69.3 Å². The van der Waals surface area contributed by atoms with Crippen LogP contribution in [0.25, 0.3) is 0 Å². The average molecular weight is 366 g/mol. The molecule has 2 aromatic rings. The first-order valence-electron chi connectivity index (χ1n) is 9.23. The highest BCUT2D eigenvalue weighted by molar-refractivity contribution is 5.94. The van der Waals surface area contributed by atoms with Crippen LogP contribution in [0.2, 0.25) is 0 Å². The number of rotatable bonds is 4. The third-order valence-electron chi connectivity index (χ3n) is 4.42. The molecule has 2 aromatic carbocycles. The Kier molecular flexibility index (Phi) is 5.49. The molecule has 0 saturated heterocycles. The van der Waals surface area contributed by atoms with Crippen molar-refractivity contribution in [3.63, 3.8) is 0 Å². The van der Waals surface area contributed by atoms with Gasteiger partial charge in [-0.3, -0.25) is 4.79 Å². The summed E-state index contributed by atoms with van der Waals surface area (Å²) in [5.41, 5.74) is 3.45. The molecule has 0 bridgehead atoms. The molecule has 0 spiro atoms. The van der Waals surface area contributed by atoms with Gasteiger partial charge in [-0.05, 0) is 62.4 Å². The van der Waals surface area contributed by atoms with E-state index in [0.717, 1.165) is 23.1 Å². The first-order valence-corrected chi connectivity index (χ1v) is 9.23. The lowest BCUT2D eigenvalue weighted by Gasteiger charge is -2.21. The predicted molar refractivity (Wildman–Crippen MR) is 105 cm³/mol. The number of hydrogen-bond donors (Lipinski definition) is 2. The average Bonchev–Trinajstić information content (AvgIpc) is 2.99. The molecule has 0 fully saturated rings. The summed E-state index contributed by atoms with van der Waals surface area (Å²) in [5.74, 6) is -0.0924. The quantitative estimate of drug-likeness (QED) is 0.869. The summed E-state index contributed by atoms with van der Waals surface area (Å²) in [6.45, 7) is 6.03. The summed E-state index contributed by atoms with van der Waals surface area (Å²) in [4.78, 5) is 24.4. The Labute approximate surface area is 160 Å². The molecule has 5 nitrogen and oxygen atoms in total. The van der Waals surface area contributed by atoms with Crippen molar-refractivity contribution in [2.24, 2.45) is 0 Å². The molecular weight excluding hydrogens is 340 g/mol. The zero-order valence-electron chi connectivity index (χ0n) is 16.0. The molecule has 5 heteroatoms. The smallest absolute Gasteiger partial charge is 0.407 e. The standard InChI is InChI=1S/C22H26N2O3/c1-22(2,3)27-21(26)24-19-12-16-9-10-17(11-18(16)13-19)20(25)23-14-15-7-5-4-6-8-15/h4-11,19H,12-14H2,1-3H3,(H,23,25)(H,24,26). The molecule has 2 N–H and O–H groups in total. The van der Waals surface area contributed by atoms with Crippen LogP contribution < -0.4 is 10.6 Å². The molecule has 27 heavy (non-hydrogen) atoms. The van der Waals surface area contributed by atoms with E-state index < -0.39 is 11.7 Å². The van der Waals surface area contributed by atoms with Crippen molar-refractivity contribution in [3.8, 4) is 0 Å². The molecular formula is C22H26N2O3. The second kappa shape index (κ2) is 7.82. The Morgan fingerprint density at radius 1 is 1.04 bits per heavy atom. The highest BCUT2D eigenvalue weighted by Gasteiger charge is 2.26. The first kappa shape index (κ1) is 19.0. The molecule has 2 amide bonds. The summed E-state index contributed by atoms with van der Waals surface area (Å²) < 4.78 is 5.32. The fraction of sp³-hybridized carbons (Fsp3) is 0.364. The lowest BCUT2D eigenvalue weighted by molar-refractivity contribution is 0.0506. The SMILES string of the molecule is CC(C)(C)OC(=O)NC1Cc2ccc(C(=O)NCc3ccccc3)cc2C1. The van der Waals surface area contributed by atoms with Gasteiger partial charge in [-0.25, -0.2) is 4.79 Å². The Hall–Kier alpha value is -2.82. The van der Waals surface area contributed by atoms with Crippen molar-refractivity contribution in [2.75, 3.05) is 0 Å². The predicted octanol–water partition coefficient (Wildman–Crippen LogP) is 3.61. The molecule has 0 aliphatic heterocycles. The number of ether oxygens (including phenoxy) is 1. The summed E-state index contributed by atoms with van der Waals surface area (Å²) in [5, 5.41) is 5.86. The summed E-state index contributed by atoms with van der Waals surface area (Å²) >= 11 is 0. The summed E-state index contributed by atoms with van der Waals surface area (Å²) in [6, 6.07) is 15.6. The van der Waals surface area contributed by atoms with Gasteiger partial charge in [0.15, 0.2) is 0 Å². The van der Waals surface area contributed by atoms with E-state index in [1.165, 1.54) is 0 Å². The van der Waals surface area contributed by atoms with Crippen molar-refractivity contribution in [3.05, 3.63) is 70.8 Å². The number of fused-ring (bicyclic) bond motifs is 1. The van der Waals surface area contributed by atoms with Crippen LogP contribution in [-0.2, 0) is 24.1 Å². The Bertz CT molecular complexity index is 825. The number of amides is 2. The fourth-order valence-electron chi connectivity index (χ4n) is 3.22. The summed E-state index contributed by atoms with van der Waals surface area (Å²) in [7, 11) is 0. The van der Waals surface area contributed by atoms with Crippen LogP contribution >= 0.6 is 0 Å². The highest BCUT2D eigenvalue weighted by Crippen LogP contribution is 2.24. The van der Waals surface area contributed by atoms with Crippen LogP contribution in [0.15, 0.2) is 48.5 Å². The minimum atomic E-state index is -0.514. The van der Waals surface area contributed by atoms with Crippen LogP contribution in [-0.4, -0.2) is 23.6 Å². The topological polar surface area (TPSA) is 67.4 Å². The molecule has 1 aliphatic rings. The lowest BCUT2D eigenvalue weighted by atomic mass is 10.1. The molecule has 1 unspecified atom stereocenters. The zero-order chi connectivity index (χ0) is 19.4. The van der Waals surface area contributed by atoms with Gasteiger partial charge in [0.2, 0.25) is 0 Å². The Morgan fingerprint density at radius 2 is 1.74 bits per heavy atom. The summed E-state index contributed by atoms with van der Waals surface area (Å²) in [6.07, 6.45) is 1.05. The normalized spacial score (nSPS) is 15.7. The molecule has 142 valence electrons. The second-order valence-electron chi connectivity index (χ2n) is 7.90. The number of benzene rings is 2. The van der Waals surface area contributed by atoms with Crippen LogP contribution in [0, 0.1) is 0 Å². The van der Waals surface area contributed by atoms with Crippen LogP contribution in [0.3, 0.4) is 0 Å². The molecule has 0 saturated carbocycles. The number of carbonyl (C=O) groups excluding carboxylic acids is 2. The van der Waals surface area contributed by atoms with Crippen molar-refractivity contribution in [1.82, 2.24) is 10.6 Å². The van der Waals surface area contributed by atoms with Crippen molar-refractivity contribution in [1.29, 1.82) is 0 Å². The van der Waals surface area contributed by atoms with Crippen molar-refractivity contribution < 1.29 is 14.3 Å². The van der Waals surface area contributed by atoms with Gasteiger partial charge >= 0.3 is 6.09 Å². The first-order chi connectivity index (χ1) is 12.8. The molecule has 0 heterocycles. The number of nitrogens with one attached hydrogen (secondary N) is 2. The van der Waals surface area contributed by atoms with E-state index in [2.05, 4.69) is 10.6 Å². The van der Waals surface area contributed by atoms with Gasteiger partial charge in [0.05, 0.1) is 0 Å². The molecule has 1 aliphatic carbocycles. The second-order valence-corrected chi connectivity index (χ2v) is 7.90. The van der Waals surface area contributed by atoms with E-state index in [0.29, 0.717) is 18.5 Å². The highest BCUT2D eigenvalue weighted by atomic mass is 16.6. The Morgan fingerprint density at radius 3 is 2.44 bits per heavy atom. The van der Waals surface area contributed by atoms with Gasteiger partial charge in [-0.1, -0.05) is 36.4 Å². The van der Waals surface area contributed by atoms with Gasteiger partial charge in [0.1, 0.15) is 5.60 Å². The van der Waals surface area contributed by atoms with E-state index in [1.54, 1.807) is 0 Å². The van der Waals surface area contributed by atoms with Gasteiger partial charge in [-0.15, -0.1) is 0 Å². The van der Waals surface area contributed by atoms with Crippen molar-refractivity contribution >= 4 is 12.0 Å². The maximum absolute atomic E-state index is 12.4. The Balaban J connectivity index is 1.57. The molecule has 0 aromatic heterocycles. The largest absolute Gasteiger partial charge is 0.444 e. The molecule has 1 atom stereocenters. The number of carbonyl (C=O) groups is 2. The van der Waals surface area contributed by atoms with E-state index in [-0.39, 0.29) is 11.9 Å². The fourth-order valence-corrected chi connectivity index (χ4v) is 3.22. The number of hydrogen-bond acceptors (Lipinski definition) is 3. The minimum Gasteiger partial charge on any atom is -0.444 e. The monoisotopic (exact) mass is 366 g/mol. The third-order valence-corrected chi connectivity index (χ3v) is 4.42. The van der Waals surface area contributed by atoms with Gasteiger partial charge in [-0.2, -0.15) is 0 Å². The van der Waals surface area contributed by atoms with Crippen molar-refractivity contribution in [2.45, 2.75) is 51.8 Å². The zero-order valence-corrected chi connectivity index (χ0v) is 16.0. The van der Waals surface area contributed by atoms with Crippen LogP contribution in [0.1, 0.15) is 47.8 Å². The minimum absolute atomic E-state index is 0.00233. The van der Waals surface area contributed by atoms with Crippen LogP contribution in [0.4, 0.5) is 4.79 Å². The van der Waals surface area contributed by atoms with Gasteiger partial charge in [0.25, 0.3) is 5.91 Å². The maximum Gasteiger partial charge on any atom is 0.407 e. The van der Waals surface area contributed by atoms with E-state index in [9.17, 15) is 9.59 Å². The van der Waals surface area contributed by atoms with Gasteiger partial charge in [0, 0.05) is 18.2 Å². The van der Waals surface area contributed by atoms with E-state index >= 15 is 0 Å². The number of alkyl carbamates (subject to hydrolysis) is 1. The molecule has 3 rings (SSSR count). The van der Waals surface area contributed by atoms with Crippen LogP contribution in [0.5, 0.6) is 0 Å². The maximum atomic E-state index is 12.4. The third kappa shape index (κ3) is 5.33. The van der Waals surface area contributed by atoms with Gasteiger partial charge < -0.3 is 15.4 Å². The lowest BCUT2D eigenvalue weighted by Crippen LogP contribution is -2.39. The molecule has 0 radical (unpaired) electrons.